The average Bonchev–Trinajstić information content (AvgIpc) is 2.46. The third kappa shape index (κ3) is 1.42. The van der Waals surface area contributed by atoms with Gasteiger partial charge in [0.05, 0.1) is 10.4 Å². The number of carbonyl (C=O) groups excluding carboxylic acids is 1. The topological polar surface area (TPSA) is 43.1 Å². The number of carbonyl (C=O) groups is 1. The molecular weight excluding hydrogens is 182 g/mol. The van der Waals surface area contributed by atoms with Gasteiger partial charge in [0.2, 0.25) is 0 Å². The summed E-state index contributed by atoms with van der Waals surface area (Å²) in [6.07, 6.45) is 2.79. The molecule has 1 fully saturated rings. The number of Topliss-reactive ketones (excluding diaryl/α,β-unsaturated/α-hetero) is 1. The highest BCUT2D eigenvalue weighted by atomic mass is 32.1. The third-order valence-electron chi connectivity index (χ3n) is 2.66. The van der Waals surface area contributed by atoms with E-state index in [1.807, 2.05) is 19.1 Å². The van der Waals surface area contributed by atoms with Crippen LogP contribution >= 0.6 is 11.3 Å². The summed E-state index contributed by atoms with van der Waals surface area (Å²) < 4.78 is 0. The summed E-state index contributed by atoms with van der Waals surface area (Å²) in [6.45, 7) is 2.01. The molecule has 13 heavy (non-hydrogen) atoms. The molecule has 0 unspecified atom stereocenters. The van der Waals surface area contributed by atoms with Crippen LogP contribution in [0.4, 0.5) is 0 Å². The Morgan fingerprint density at radius 2 is 2.23 bits per heavy atom. The first kappa shape index (κ1) is 8.91. The Hall–Kier alpha value is -0.670. The highest BCUT2D eigenvalue weighted by Gasteiger charge is 2.40. The van der Waals surface area contributed by atoms with E-state index in [1.54, 1.807) is 11.3 Å². The Kier molecular flexibility index (Phi) is 2.00. The van der Waals surface area contributed by atoms with Crippen molar-refractivity contribution in [3.05, 3.63) is 21.9 Å². The molecule has 0 bridgehead atoms. The molecule has 2 rings (SSSR count). The van der Waals surface area contributed by atoms with E-state index in [0.717, 1.165) is 24.1 Å². The second-order valence-corrected chi connectivity index (χ2v) is 5.04. The van der Waals surface area contributed by atoms with Crippen molar-refractivity contribution in [2.45, 2.75) is 31.7 Å². The summed E-state index contributed by atoms with van der Waals surface area (Å²) in [7, 11) is 0. The van der Waals surface area contributed by atoms with Crippen LogP contribution in [0.1, 0.15) is 33.8 Å². The Bertz CT molecular complexity index is 338. The monoisotopic (exact) mass is 195 g/mol. The van der Waals surface area contributed by atoms with E-state index in [-0.39, 0.29) is 5.78 Å². The van der Waals surface area contributed by atoms with Gasteiger partial charge in [-0.15, -0.1) is 11.3 Å². The molecule has 0 spiro atoms. The first-order valence-corrected chi connectivity index (χ1v) is 5.34. The van der Waals surface area contributed by atoms with Gasteiger partial charge < -0.3 is 5.73 Å². The second-order valence-electron chi connectivity index (χ2n) is 3.75. The Labute approximate surface area is 81.8 Å². The molecule has 3 heteroatoms. The van der Waals surface area contributed by atoms with Gasteiger partial charge in [-0.1, -0.05) is 0 Å². The summed E-state index contributed by atoms with van der Waals surface area (Å²) >= 11 is 1.54. The van der Waals surface area contributed by atoms with E-state index in [2.05, 4.69) is 0 Å². The number of hydrogen-bond acceptors (Lipinski definition) is 3. The minimum absolute atomic E-state index is 0.136. The SMILES string of the molecule is Cc1ccc(C(=O)C2(N)CCC2)s1. The van der Waals surface area contributed by atoms with E-state index in [1.165, 1.54) is 4.88 Å². The van der Waals surface area contributed by atoms with E-state index in [4.69, 9.17) is 5.73 Å². The van der Waals surface area contributed by atoms with Crippen LogP contribution in [-0.2, 0) is 0 Å². The molecule has 1 aliphatic carbocycles. The van der Waals surface area contributed by atoms with Gasteiger partial charge >= 0.3 is 0 Å². The lowest BCUT2D eigenvalue weighted by molar-refractivity contribution is 0.0805. The normalized spacial score (nSPS) is 19.5. The predicted molar refractivity (Wildman–Crippen MR) is 54.2 cm³/mol. The molecule has 1 aliphatic rings. The van der Waals surface area contributed by atoms with Gasteiger partial charge in [0.25, 0.3) is 0 Å². The van der Waals surface area contributed by atoms with Crippen molar-refractivity contribution in [3.8, 4) is 0 Å². The zero-order chi connectivity index (χ0) is 9.47. The van der Waals surface area contributed by atoms with Crippen LogP contribution in [0.3, 0.4) is 0 Å². The number of thiophene rings is 1. The Morgan fingerprint density at radius 3 is 2.62 bits per heavy atom. The fourth-order valence-electron chi connectivity index (χ4n) is 1.59. The lowest BCUT2D eigenvalue weighted by Crippen LogP contribution is -2.53. The first-order chi connectivity index (χ1) is 6.12. The molecule has 0 aromatic carbocycles. The molecule has 70 valence electrons. The Balaban J connectivity index is 2.22. The molecule has 1 aromatic heterocycles. The molecule has 1 heterocycles. The van der Waals surface area contributed by atoms with Gasteiger partial charge in [0.1, 0.15) is 0 Å². The molecule has 1 aromatic rings. The summed E-state index contributed by atoms with van der Waals surface area (Å²) in [5.41, 5.74) is 5.41. The number of rotatable bonds is 2. The molecule has 2 N–H and O–H groups in total. The maximum absolute atomic E-state index is 11.8. The van der Waals surface area contributed by atoms with Crippen molar-refractivity contribution >= 4 is 17.1 Å². The standard InChI is InChI=1S/C10H13NOS/c1-7-3-4-8(13-7)9(12)10(11)5-2-6-10/h3-4H,2,5-6,11H2,1H3. The van der Waals surface area contributed by atoms with Gasteiger partial charge in [0, 0.05) is 4.88 Å². The van der Waals surface area contributed by atoms with Crippen molar-refractivity contribution in [2.24, 2.45) is 5.73 Å². The highest BCUT2D eigenvalue weighted by molar-refractivity contribution is 7.14. The van der Waals surface area contributed by atoms with E-state index in [9.17, 15) is 4.79 Å². The minimum Gasteiger partial charge on any atom is -0.319 e. The van der Waals surface area contributed by atoms with Crippen LogP contribution in [0.2, 0.25) is 0 Å². The van der Waals surface area contributed by atoms with Gasteiger partial charge in [0.15, 0.2) is 5.78 Å². The smallest absolute Gasteiger partial charge is 0.192 e. The fraction of sp³-hybridized carbons (Fsp3) is 0.500. The molecule has 0 amide bonds. The quantitative estimate of drug-likeness (QED) is 0.734. The van der Waals surface area contributed by atoms with Crippen LogP contribution < -0.4 is 5.73 Å². The zero-order valence-corrected chi connectivity index (χ0v) is 8.49. The van der Waals surface area contributed by atoms with Crippen LogP contribution in [0.25, 0.3) is 0 Å². The summed E-state index contributed by atoms with van der Waals surface area (Å²) in [6, 6.07) is 3.86. The third-order valence-corrected chi connectivity index (χ3v) is 3.66. The van der Waals surface area contributed by atoms with E-state index < -0.39 is 5.54 Å². The minimum atomic E-state index is -0.530. The van der Waals surface area contributed by atoms with Crippen molar-refractivity contribution in [3.63, 3.8) is 0 Å². The maximum Gasteiger partial charge on any atom is 0.192 e. The fourth-order valence-corrected chi connectivity index (χ4v) is 2.50. The van der Waals surface area contributed by atoms with Gasteiger partial charge in [-0.05, 0) is 38.3 Å². The van der Waals surface area contributed by atoms with Crippen LogP contribution in [-0.4, -0.2) is 11.3 Å². The summed E-state index contributed by atoms with van der Waals surface area (Å²) in [5.74, 6) is 0.136. The summed E-state index contributed by atoms with van der Waals surface area (Å²) in [5, 5.41) is 0. The Morgan fingerprint density at radius 1 is 1.54 bits per heavy atom. The number of aryl methyl sites for hydroxylation is 1. The first-order valence-electron chi connectivity index (χ1n) is 4.52. The molecule has 0 aliphatic heterocycles. The van der Waals surface area contributed by atoms with Gasteiger partial charge in [-0.2, -0.15) is 0 Å². The number of nitrogens with two attached hydrogens (primary N) is 1. The van der Waals surface area contributed by atoms with Crippen molar-refractivity contribution in [2.75, 3.05) is 0 Å². The lowest BCUT2D eigenvalue weighted by atomic mass is 9.74. The molecule has 0 atom stereocenters. The molecule has 0 radical (unpaired) electrons. The second kappa shape index (κ2) is 2.93. The molecule has 2 nitrogen and oxygen atoms in total. The van der Waals surface area contributed by atoms with Gasteiger partial charge in [-0.25, -0.2) is 0 Å². The van der Waals surface area contributed by atoms with E-state index >= 15 is 0 Å². The van der Waals surface area contributed by atoms with Crippen molar-refractivity contribution < 1.29 is 4.79 Å². The molecular formula is C10H13NOS. The number of hydrogen-bond donors (Lipinski definition) is 1. The van der Waals surface area contributed by atoms with Crippen LogP contribution in [0.5, 0.6) is 0 Å². The van der Waals surface area contributed by atoms with Crippen LogP contribution in [0, 0.1) is 6.92 Å². The highest BCUT2D eigenvalue weighted by Crippen LogP contribution is 2.33. The number of ketones is 1. The zero-order valence-electron chi connectivity index (χ0n) is 7.67. The molecule has 1 saturated carbocycles. The van der Waals surface area contributed by atoms with Crippen molar-refractivity contribution in [1.82, 2.24) is 0 Å². The predicted octanol–water partition coefficient (Wildman–Crippen LogP) is 2.12. The van der Waals surface area contributed by atoms with Crippen molar-refractivity contribution in [1.29, 1.82) is 0 Å². The van der Waals surface area contributed by atoms with E-state index in [0.29, 0.717) is 0 Å². The van der Waals surface area contributed by atoms with Gasteiger partial charge in [-0.3, -0.25) is 4.79 Å². The molecule has 0 saturated heterocycles. The maximum atomic E-state index is 11.8. The largest absolute Gasteiger partial charge is 0.319 e. The summed E-state index contributed by atoms with van der Waals surface area (Å²) in [4.78, 5) is 13.8. The van der Waals surface area contributed by atoms with Crippen LogP contribution in [0.15, 0.2) is 12.1 Å². The average molecular weight is 195 g/mol. The lowest BCUT2D eigenvalue weighted by Gasteiger charge is -2.35.